The molecule has 0 fully saturated rings. The van der Waals surface area contributed by atoms with E-state index in [9.17, 15) is 9.90 Å². The molecular weight excluding hydrogens is 268 g/mol. The van der Waals surface area contributed by atoms with Gasteiger partial charge in [-0.05, 0) is 42.0 Å². The van der Waals surface area contributed by atoms with Crippen molar-refractivity contribution in [2.75, 3.05) is 18.6 Å². The number of ether oxygens (including phenoxy) is 1. The number of hydrogen-bond donors (Lipinski definition) is 3. The maximum absolute atomic E-state index is 11.5. The molecule has 0 saturated carbocycles. The molecule has 0 amide bonds. The zero-order valence-electron chi connectivity index (χ0n) is 11.5. The summed E-state index contributed by atoms with van der Waals surface area (Å²) in [6.07, 6.45) is 1.55. The van der Waals surface area contributed by atoms with E-state index in [1.165, 1.54) is 6.07 Å². The maximum atomic E-state index is 11.5. The molecule has 21 heavy (non-hydrogen) atoms. The highest BCUT2D eigenvalue weighted by Gasteiger charge is 2.13. The fraction of sp³-hybridized carbons (Fsp3) is 0.0625. The molecule has 0 aromatic heterocycles. The van der Waals surface area contributed by atoms with Crippen molar-refractivity contribution in [2.45, 2.75) is 0 Å². The zero-order valence-corrected chi connectivity index (χ0v) is 11.5. The van der Waals surface area contributed by atoms with Gasteiger partial charge in [-0.3, -0.25) is 0 Å². The third kappa shape index (κ3) is 3.33. The van der Waals surface area contributed by atoms with E-state index in [-0.39, 0.29) is 5.57 Å². The summed E-state index contributed by atoms with van der Waals surface area (Å²) < 4.78 is 5.12. The molecule has 108 valence electrons. The van der Waals surface area contributed by atoms with Crippen LogP contribution in [0.3, 0.4) is 0 Å². The summed E-state index contributed by atoms with van der Waals surface area (Å²) in [5.74, 6) is -0.409. The Morgan fingerprint density at radius 3 is 2.57 bits per heavy atom. The molecule has 0 radical (unpaired) electrons. The van der Waals surface area contributed by atoms with Crippen LogP contribution in [-0.2, 0) is 4.79 Å². The molecule has 0 unspecified atom stereocenters. The predicted octanol–water partition coefficient (Wildman–Crippen LogP) is 2.48. The van der Waals surface area contributed by atoms with Crippen molar-refractivity contribution in [1.82, 2.24) is 0 Å². The van der Waals surface area contributed by atoms with E-state index in [2.05, 4.69) is 0 Å². The molecule has 5 heteroatoms. The summed E-state index contributed by atoms with van der Waals surface area (Å²) >= 11 is 0. The SMILES string of the molecule is COc1cccc(C=C(C(=O)O)c2ccc(N)cc2N)c1. The molecular formula is C16H16N2O3. The molecule has 2 aromatic rings. The Morgan fingerprint density at radius 2 is 1.95 bits per heavy atom. The number of rotatable bonds is 4. The second-order valence-electron chi connectivity index (χ2n) is 4.49. The van der Waals surface area contributed by atoms with Crippen LogP contribution in [-0.4, -0.2) is 18.2 Å². The monoisotopic (exact) mass is 284 g/mol. The fourth-order valence-electron chi connectivity index (χ4n) is 1.98. The van der Waals surface area contributed by atoms with E-state index in [0.29, 0.717) is 28.3 Å². The minimum Gasteiger partial charge on any atom is -0.497 e. The Kier molecular flexibility index (Phi) is 4.13. The van der Waals surface area contributed by atoms with Gasteiger partial charge in [-0.2, -0.15) is 0 Å². The van der Waals surface area contributed by atoms with E-state index in [1.807, 2.05) is 0 Å². The van der Waals surface area contributed by atoms with Crippen molar-refractivity contribution in [2.24, 2.45) is 0 Å². The number of nitrogen functional groups attached to an aromatic ring is 2. The van der Waals surface area contributed by atoms with Crippen LogP contribution in [0.1, 0.15) is 11.1 Å². The normalized spacial score (nSPS) is 11.2. The van der Waals surface area contributed by atoms with E-state index < -0.39 is 5.97 Å². The van der Waals surface area contributed by atoms with Crippen LogP contribution >= 0.6 is 0 Å². The van der Waals surface area contributed by atoms with E-state index >= 15 is 0 Å². The largest absolute Gasteiger partial charge is 0.497 e. The van der Waals surface area contributed by atoms with Crippen LogP contribution in [0.15, 0.2) is 42.5 Å². The number of anilines is 2. The van der Waals surface area contributed by atoms with Gasteiger partial charge >= 0.3 is 5.97 Å². The maximum Gasteiger partial charge on any atom is 0.336 e. The summed E-state index contributed by atoms with van der Waals surface area (Å²) in [7, 11) is 1.55. The standard InChI is InChI=1S/C16H16N2O3/c1-21-12-4-2-3-10(7-12)8-14(16(19)20)13-6-5-11(17)9-15(13)18/h2-9H,17-18H2,1H3,(H,19,20). The Bertz CT molecular complexity index is 708. The fourth-order valence-corrected chi connectivity index (χ4v) is 1.98. The quantitative estimate of drug-likeness (QED) is 0.455. The lowest BCUT2D eigenvalue weighted by molar-refractivity contribution is -0.130. The van der Waals surface area contributed by atoms with Crippen LogP contribution in [0, 0.1) is 0 Å². The highest BCUT2D eigenvalue weighted by molar-refractivity contribution is 6.22. The van der Waals surface area contributed by atoms with Crippen LogP contribution in [0.25, 0.3) is 11.6 Å². The number of carboxylic acids is 1. The van der Waals surface area contributed by atoms with Gasteiger partial charge in [0.2, 0.25) is 0 Å². The van der Waals surface area contributed by atoms with Crippen LogP contribution < -0.4 is 16.2 Å². The van der Waals surface area contributed by atoms with Gasteiger partial charge in [-0.25, -0.2) is 4.79 Å². The van der Waals surface area contributed by atoms with Crippen molar-refractivity contribution in [3.05, 3.63) is 53.6 Å². The topological polar surface area (TPSA) is 98.6 Å². The van der Waals surface area contributed by atoms with Crippen molar-refractivity contribution in [1.29, 1.82) is 0 Å². The van der Waals surface area contributed by atoms with Crippen LogP contribution in [0.4, 0.5) is 11.4 Å². The van der Waals surface area contributed by atoms with Crippen LogP contribution in [0.2, 0.25) is 0 Å². The summed E-state index contributed by atoms with van der Waals surface area (Å²) in [5.41, 5.74) is 13.5. The lowest BCUT2D eigenvalue weighted by Gasteiger charge is -2.08. The Morgan fingerprint density at radius 1 is 1.19 bits per heavy atom. The molecule has 0 aliphatic rings. The second kappa shape index (κ2) is 6.00. The first kappa shape index (κ1) is 14.5. The molecule has 0 spiro atoms. The van der Waals surface area contributed by atoms with Crippen molar-refractivity contribution in [3.8, 4) is 5.75 Å². The molecule has 5 N–H and O–H groups in total. The number of aliphatic carboxylic acids is 1. The smallest absolute Gasteiger partial charge is 0.336 e. The van der Waals surface area contributed by atoms with Crippen LogP contribution in [0.5, 0.6) is 5.75 Å². The van der Waals surface area contributed by atoms with Crippen molar-refractivity contribution < 1.29 is 14.6 Å². The minimum absolute atomic E-state index is 0.0979. The third-order valence-corrected chi connectivity index (χ3v) is 3.00. The van der Waals surface area contributed by atoms with E-state index in [4.69, 9.17) is 16.2 Å². The molecule has 2 rings (SSSR count). The molecule has 0 saturated heterocycles. The first-order valence-electron chi connectivity index (χ1n) is 6.25. The van der Waals surface area contributed by atoms with Crippen molar-refractivity contribution >= 4 is 29.0 Å². The van der Waals surface area contributed by atoms with Gasteiger partial charge in [0, 0.05) is 16.9 Å². The molecule has 0 atom stereocenters. The summed E-state index contributed by atoms with van der Waals surface area (Å²) in [5, 5.41) is 9.42. The lowest BCUT2D eigenvalue weighted by Crippen LogP contribution is -2.03. The summed E-state index contributed by atoms with van der Waals surface area (Å²) in [4.78, 5) is 11.5. The Hall–Kier alpha value is -2.95. The molecule has 2 aromatic carbocycles. The molecule has 0 heterocycles. The average molecular weight is 284 g/mol. The number of nitrogens with two attached hydrogens (primary N) is 2. The lowest BCUT2D eigenvalue weighted by atomic mass is 10.0. The zero-order chi connectivity index (χ0) is 15.4. The highest BCUT2D eigenvalue weighted by atomic mass is 16.5. The number of methoxy groups -OCH3 is 1. The van der Waals surface area contributed by atoms with Gasteiger partial charge in [-0.15, -0.1) is 0 Å². The first-order chi connectivity index (χ1) is 10.0. The van der Waals surface area contributed by atoms with Crippen molar-refractivity contribution in [3.63, 3.8) is 0 Å². The molecule has 0 aliphatic carbocycles. The van der Waals surface area contributed by atoms with E-state index in [0.717, 1.165) is 0 Å². The number of carbonyl (C=O) groups is 1. The Balaban J connectivity index is 2.52. The molecule has 0 aliphatic heterocycles. The van der Waals surface area contributed by atoms with Gasteiger partial charge < -0.3 is 21.3 Å². The molecule has 0 bridgehead atoms. The number of carboxylic acid groups (broad SMARTS) is 1. The third-order valence-electron chi connectivity index (χ3n) is 3.00. The van der Waals surface area contributed by atoms with Gasteiger partial charge in [0.1, 0.15) is 5.75 Å². The van der Waals surface area contributed by atoms with Gasteiger partial charge in [0.25, 0.3) is 0 Å². The van der Waals surface area contributed by atoms with Gasteiger partial charge in [0.15, 0.2) is 0 Å². The molecule has 5 nitrogen and oxygen atoms in total. The minimum atomic E-state index is -1.06. The van der Waals surface area contributed by atoms with Gasteiger partial charge in [-0.1, -0.05) is 12.1 Å². The average Bonchev–Trinajstić information content (AvgIpc) is 2.45. The number of hydrogen-bond acceptors (Lipinski definition) is 4. The van der Waals surface area contributed by atoms with E-state index in [1.54, 1.807) is 49.6 Å². The first-order valence-corrected chi connectivity index (χ1v) is 6.25. The highest BCUT2D eigenvalue weighted by Crippen LogP contribution is 2.27. The summed E-state index contributed by atoms with van der Waals surface area (Å²) in [6, 6.07) is 11.9. The summed E-state index contributed by atoms with van der Waals surface area (Å²) in [6.45, 7) is 0. The predicted molar refractivity (Wildman–Crippen MR) is 83.8 cm³/mol. The van der Waals surface area contributed by atoms with Gasteiger partial charge in [0.05, 0.1) is 12.7 Å². The Labute approximate surface area is 122 Å². The number of benzene rings is 2. The second-order valence-corrected chi connectivity index (χ2v) is 4.49.